The first-order chi connectivity index (χ1) is 10.1. The van der Waals surface area contributed by atoms with Gasteiger partial charge in [-0.1, -0.05) is 37.8 Å². The molecule has 1 atom stereocenters. The normalized spacial score (nSPS) is 20.1. The smallest absolute Gasteiger partial charge is 0.226 e. The van der Waals surface area contributed by atoms with E-state index < -0.39 is 5.54 Å². The third kappa shape index (κ3) is 5.08. The molecule has 0 radical (unpaired) electrons. The van der Waals surface area contributed by atoms with Crippen LogP contribution in [0.25, 0.3) is 0 Å². The highest BCUT2D eigenvalue weighted by Gasteiger charge is 2.28. The summed E-state index contributed by atoms with van der Waals surface area (Å²) >= 11 is 0. The maximum absolute atomic E-state index is 6.24. The maximum Gasteiger partial charge on any atom is 0.226 e. The van der Waals surface area contributed by atoms with Gasteiger partial charge in [0.25, 0.3) is 0 Å². The van der Waals surface area contributed by atoms with Gasteiger partial charge in [-0.2, -0.15) is 4.98 Å². The van der Waals surface area contributed by atoms with Gasteiger partial charge >= 0.3 is 0 Å². The summed E-state index contributed by atoms with van der Waals surface area (Å²) in [5.41, 5.74) is 5.56. The second-order valence-electron chi connectivity index (χ2n) is 6.54. The van der Waals surface area contributed by atoms with Gasteiger partial charge in [-0.3, -0.25) is 0 Å². The molecule has 0 aromatic carbocycles. The van der Waals surface area contributed by atoms with Gasteiger partial charge in [-0.15, -0.1) is 0 Å². The van der Waals surface area contributed by atoms with E-state index in [1.165, 1.54) is 38.5 Å². The molecular weight excluding hydrogens is 266 g/mol. The van der Waals surface area contributed by atoms with Crippen LogP contribution in [0.15, 0.2) is 4.52 Å². The van der Waals surface area contributed by atoms with Gasteiger partial charge in [-0.05, 0) is 32.1 Å². The van der Waals surface area contributed by atoms with Gasteiger partial charge in [0.1, 0.15) is 5.54 Å². The number of hydrogen-bond donors (Lipinski definition) is 1. The maximum atomic E-state index is 6.24. The van der Waals surface area contributed by atoms with Gasteiger partial charge in [0, 0.05) is 13.0 Å². The minimum atomic E-state index is -0.680. The number of nitrogens with two attached hydrogens (primary N) is 1. The van der Waals surface area contributed by atoms with Crippen LogP contribution in [0.2, 0.25) is 0 Å². The van der Waals surface area contributed by atoms with Crippen molar-refractivity contribution in [3.8, 4) is 0 Å². The van der Waals surface area contributed by atoms with Crippen molar-refractivity contribution in [2.45, 2.75) is 70.8 Å². The van der Waals surface area contributed by atoms with E-state index in [-0.39, 0.29) is 0 Å². The SMILES string of the molecule is CCCOCC(C)(N)c1noc(CC2CCCCCC2)n1. The van der Waals surface area contributed by atoms with E-state index in [4.69, 9.17) is 15.0 Å². The number of hydrogen-bond acceptors (Lipinski definition) is 5. The summed E-state index contributed by atoms with van der Waals surface area (Å²) in [4.78, 5) is 4.50. The molecule has 1 aromatic heterocycles. The van der Waals surface area contributed by atoms with Crippen molar-refractivity contribution in [2.24, 2.45) is 11.7 Å². The van der Waals surface area contributed by atoms with Crippen molar-refractivity contribution in [1.29, 1.82) is 0 Å². The first kappa shape index (κ1) is 16.4. The van der Waals surface area contributed by atoms with Gasteiger partial charge in [0.05, 0.1) is 6.61 Å². The zero-order valence-electron chi connectivity index (χ0n) is 13.4. The Morgan fingerprint density at radius 3 is 2.67 bits per heavy atom. The van der Waals surface area contributed by atoms with Gasteiger partial charge < -0.3 is 15.0 Å². The molecule has 1 aliphatic rings. The average molecular weight is 295 g/mol. The molecule has 0 bridgehead atoms. The van der Waals surface area contributed by atoms with Crippen molar-refractivity contribution in [3.05, 3.63) is 11.7 Å². The minimum Gasteiger partial charge on any atom is -0.379 e. The largest absolute Gasteiger partial charge is 0.379 e. The lowest BCUT2D eigenvalue weighted by Gasteiger charge is -2.19. The fourth-order valence-corrected chi connectivity index (χ4v) is 2.88. The van der Waals surface area contributed by atoms with Crippen LogP contribution < -0.4 is 5.73 Å². The highest BCUT2D eigenvalue weighted by molar-refractivity contribution is 5.02. The fourth-order valence-electron chi connectivity index (χ4n) is 2.88. The van der Waals surface area contributed by atoms with E-state index in [0.29, 0.717) is 25.0 Å². The molecule has 1 aliphatic carbocycles. The lowest BCUT2D eigenvalue weighted by Crippen LogP contribution is -2.39. The van der Waals surface area contributed by atoms with Crippen LogP contribution in [0.3, 0.4) is 0 Å². The van der Waals surface area contributed by atoms with E-state index in [0.717, 1.165) is 18.7 Å². The van der Waals surface area contributed by atoms with Gasteiger partial charge in [-0.25, -0.2) is 0 Å². The molecule has 1 unspecified atom stereocenters. The minimum absolute atomic E-state index is 0.420. The van der Waals surface area contributed by atoms with E-state index >= 15 is 0 Å². The Hall–Kier alpha value is -0.940. The molecule has 21 heavy (non-hydrogen) atoms. The van der Waals surface area contributed by atoms with Crippen molar-refractivity contribution >= 4 is 0 Å². The van der Waals surface area contributed by atoms with E-state index in [9.17, 15) is 0 Å². The van der Waals surface area contributed by atoms with Gasteiger partial charge in [0.15, 0.2) is 5.82 Å². The van der Waals surface area contributed by atoms with Crippen LogP contribution in [0.4, 0.5) is 0 Å². The first-order valence-electron chi connectivity index (χ1n) is 8.31. The molecule has 1 saturated carbocycles. The quantitative estimate of drug-likeness (QED) is 0.617. The molecule has 120 valence electrons. The lowest BCUT2D eigenvalue weighted by atomic mass is 9.96. The van der Waals surface area contributed by atoms with Crippen LogP contribution in [0.1, 0.15) is 70.5 Å². The molecular formula is C16H29N3O2. The van der Waals surface area contributed by atoms with E-state index in [1.807, 2.05) is 6.92 Å². The Labute approximate surface area is 127 Å². The molecule has 2 rings (SSSR count). The van der Waals surface area contributed by atoms with E-state index in [1.54, 1.807) is 0 Å². The van der Waals surface area contributed by atoms with Crippen molar-refractivity contribution in [1.82, 2.24) is 10.1 Å². The predicted molar refractivity (Wildman–Crippen MR) is 81.8 cm³/mol. The molecule has 5 nitrogen and oxygen atoms in total. The number of ether oxygens (including phenoxy) is 1. The fraction of sp³-hybridized carbons (Fsp3) is 0.875. The standard InChI is InChI=1S/C16H29N3O2/c1-3-10-20-12-16(2,17)15-18-14(21-19-15)11-13-8-6-4-5-7-9-13/h13H,3-12,17H2,1-2H3. The number of rotatable bonds is 7. The topological polar surface area (TPSA) is 74.2 Å². The Bertz CT molecular complexity index is 409. The monoisotopic (exact) mass is 295 g/mol. The van der Waals surface area contributed by atoms with Crippen LogP contribution >= 0.6 is 0 Å². The van der Waals surface area contributed by atoms with Crippen molar-refractivity contribution in [3.63, 3.8) is 0 Å². The second kappa shape index (κ2) is 7.90. The van der Waals surface area contributed by atoms with Gasteiger partial charge in [0.2, 0.25) is 5.89 Å². The second-order valence-corrected chi connectivity index (χ2v) is 6.54. The average Bonchev–Trinajstić information content (AvgIpc) is 2.77. The molecule has 1 heterocycles. The molecule has 0 spiro atoms. The Kier molecular flexibility index (Phi) is 6.18. The van der Waals surface area contributed by atoms with Crippen LogP contribution in [-0.2, 0) is 16.7 Å². The van der Waals surface area contributed by atoms with Crippen LogP contribution in [-0.4, -0.2) is 23.4 Å². The summed E-state index contributed by atoms with van der Waals surface area (Å²) in [6.45, 7) is 5.10. The van der Waals surface area contributed by atoms with Crippen molar-refractivity contribution in [2.75, 3.05) is 13.2 Å². The summed E-state index contributed by atoms with van der Waals surface area (Å²) in [5.74, 6) is 1.97. The first-order valence-corrected chi connectivity index (χ1v) is 8.31. The molecule has 5 heteroatoms. The van der Waals surface area contributed by atoms with Crippen LogP contribution in [0.5, 0.6) is 0 Å². The third-order valence-corrected chi connectivity index (χ3v) is 4.17. The molecule has 0 amide bonds. The molecule has 2 N–H and O–H groups in total. The molecule has 1 aromatic rings. The molecule has 1 fully saturated rings. The highest BCUT2D eigenvalue weighted by Crippen LogP contribution is 2.26. The van der Waals surface area contributed by atoms with E-state index in [2.05, 4.69) is 17.1 Å². The summed E-state index contributed by atoms with van der Waals surface area (Å²) < 4.78 is 10.9. The number of nitrogens with zero attached hydrogens (tertiary/aromatic N) is 2. The summed E-state index contributed by atoms with van der Waals surface area (Å²) in [6.07, 6.45) is 9.79. The summed E-state index contributed by atoms with van der Waals surface area (Å²) in [5, 5.41) is 4.06. The Morgan fingerprint density at radius 2 is 2.00 bits per heavy atom. The Balaban J connectivity index is 1.90. The summed E-state index contributed by atoms with van der Waals surface area (Å²) in [6, 6.07) is 0. The summed E-state index contributed by atoms with van der Waals surface area (Å²) in [7, 11) is 0. The van der Waals surface area contributed by atoms with Crippen LogP contribution in [0, 0.1) is 5.92 Å². The third-order valence-electron chi connectivity index (χ3n) is 4.17. The lowest BCUT2D eigenvalue weighted by molar-refractivity contribution is 0.0867. The highest BCUT2D eigenvalue weighted by atomic mass is 16.5. The van der Waals surface area contributed by atoms with Crippen molar-refractivity contribution < 1.29 is 9.26 Å². The zero-order valence-corrected chi connectivity index (χ0v) is 13.4. The Morgan fingerprint density at radius 1 is 1.29 bits per heavy atom. The predicted octanol–water partition coefficient (Wildman–Crippen LogP) is 3.18. The number of aromatic nitrogens is 2. The molecule has 0 saturated heterocycles. The molecule has 0 aliphatic heterocycles. The zero-order chi connectivity index (χ0) is 15.1.